The van der Waals surface area contributed by atoms with Gasteiger partial charge >= 0.3 is 0 Å². The summed E-state index contributed by atoms with van der Waals surface area (Å²) in [7, 11) is 6.55. The highest BCUT2D eigenvalue weighted by atomic mass is 32.1. The van der Waals surface area contributed by atoms with E-state index in [1.807, 2.05) is 88.5 Å². The maximum Gasteiger partial charge on any atom is 0.239 e. The molecular formula is C78H74N18O5S4. The minimum absolute atomic E-state index is 0.0237. The van der Waals surface area contributed by atoms with Crippen LogP contribution in [0.4, 0.5) is 0 Å². The molecule has 10 aromatic rings. The molecule has 0 saturated carbocycles. The van der Waals surface area contributed by atoms with Crippen molar-refractivity contribution < 1.29 is 23.6 Å². The van der Waals surface area contributed by atoms with Crippen molar-refractivity contribution in [1.29, 1.82) is 0 Å². The SMILES string of the molecule is CC#Cc1cc(-c2csc([C@]3(C)CC(=O)N(C)C(N)=N3)c2)ccn1.CC#Cc1cncc(-c2cnc([C@]3(C)CC(=O)N(C)C(N)=N3)s2)c1.CC#Cc1cncc(-c2cnc([C@]3(C)CC(=O)N(C)C(N)=N3)s2)c1.CC#Cc1cncc(-c2csc([C@@]3(C)N=C(N)N(C)C(=O)C3c3ccc4ccoc4c3)c2)c1. The van der Waals surface area contributed by atoms with Gasteiger partial charge in [0.15, 0.2) is 23.8 Å². The van der Waals surface area contributed by atoms with E-state index in [1.54, 1.807) is 134 Å². The first-order valence-electron chi connectivity index (χ1n) is 32.8. The number of hydrogen-bond acceptors (Lipinski definition) is 23. The third-order valence-electron chi connectivity index (χ3n) is 17.8. The second-order valence-electron chi connectivity index (χ2n) is 25.6. The Hall–Kier alpha value is -12.0. The van der Waals surface area contributed by atoms with Crippen molar-refractivity contribution in [2.24, 2.45) is 42.9 Å². The standard InChI is InChI=1S/C26H22N4O2S.C18H18N4OS.2C17H17N5OS/c1-4-5-16-10-19(14-28-13-16)20-12-22(33-15-20)26(2)23(24(31)30(3)25(27)29-26)18-7-6-17-8-9-32-21(17)11-18;1-4-5-14-8-12(6-7-20-14)13-9-15(24-11-13)18(2)10-16(23)22(3)17(19)21-18;2*1-4-5-11-6-12(9-19-8-11)13-10-20-15(24-13)17(2)7-14(23)22(3)16(18)21-17/h6-15,23H,1-3H3,(H2,27,29);6-9,11H,10H2,1-3H3,(H2,19,21);2*6,8-10H,7H2,1-3H3,(H2,18,21)/t23?,26-;18-;2*17-/m1000/s1. The zero-order valence-electron chi connectivity index (χ0n) is 59.7. The zero-order valence-corrected chi connectivity index (χ0v) is 63.0. The Morgan fingerprint density at radius 2 is 0.924 bits per heavy atom. The molecule has 0 fully saturated rings. The molecule has 0 bridgehead atoms. The van der Waals surface area contributed by atoms with Crippen LogP contribution in [-0.2, 0) is 41.3 Å². The summed E-state index contributed by atoms with van der Waals surface area (Å²) in [6.45, 7) is 14.8. The number of nitrogens with two attached hydrogens (primary N) is 4. The van der Waals surface area contributed by atoms with Gasteiger partial charge in [0.2, 0.25) is 23.6 Å². The van der Waals surface area contributed by atoms with E-state index in [9.17, 15) is 19.2 Å². The van der Waals surface area contributed by atoms with E-state index in [1.165, 1.54) is 42.3 Å². The third-order valence-corrected chi connectivity index (χ3v) is 22.7. The van der Waals surface area contributed by atoms with Gasteiger partial charge < -0.3 is 27.4 Å². The largest absolute Gasteiger partial charge is 0.464 e. The number of likely N-dealkylation sites (N-methyl/N-ethyl adjacent to an activating group) is 1. The van der Waals surface area contributed by atoms with Gasteiger partial charge in [0.05, 0.1) is 41.2 Å². The van der Waals surface area contributed by atoms with Crippen LogP contribution in [0, 0.1) is 47.4 Å². The molecule has 0 spiro atoms. The van der Waals surface area contributed by atoms with E-state index in [0.29, 0.717) is 6.42 Å². The molecule has 14 rings (SSSR count). The second kappa shape index (κ2) is 30.9. The average Bonchev–Trinajstić information content (AvgIpc) is 0.979. The maximum atomic E-state index is 13.5. The van der Waals surface area contributed by atoms with Crippen LogP contribution >= 0.6 is 45.3 Å². The average molecular weight is 1470 g/mol. The quantitative estimate of drug-likeness (QED) is 0.0976. The molecule has 0 saturated heterocycles. The molecule has 0 aliphatic carbocycles. The lowest BCUT2D eigenvalue weighted by atomic mass is 9.77. The van der Waals surface area contributed by atoms with Gasteiger partial charge in [-0.25, -0.2) is 34.9 Å². The van der Waals surface area contributed by atoms with Crippen LogP contribution < -0.4 is 22.9 Å². The van der Waals surface area contributed by atoms with E-state index in [4.69, 9.17) is 32.3 Å². The molecule has 27 heteroatoms. The Kier molecular flexibility index (Phi) is 21.9. The molecule has 0 radical (unpaired) electrons. The van der Waals surface area contributed by atoms with Crippen molar-refractivity contribution in [3.05, 3.63) is 187 Å². The molecule has 1 aromatic carbocycles. The number of pyridine rings is 4. The van der Waals surface area contributed by atoms with Crippen LogP contribution in [0.15, 0.2) is 164 Å². The highest BCUT2D eigenvalue weighted by molar-refractivity contribution is 7.15. The van der Waals surface area contributed by atoms with Crippen LogP contribution in [0.25, 0.3) is 54.1 Å². The highest BCUT2D eigenvalue weighted by Gasteiger charge is 2.49. The predicted molar refractivity (Wildman–Crippen MR) is 416 cm³/mol. The number of carbonyl (C=O) groups is 4. The molecule has 4 aliphatic heterocycles. The first kappa shape index (κ1) is 74.2. The summed E-state index contributed by atoms with van der Waals surface area (Å²) in [5.41, 5.74) is 31.7. The van der Waals surface area contributed by atoms with Gasteiger partial charge in [0.25, 0.3) is 0 Å². The topological polar surface area (TPSA) is 325 Å². The first-order valence-corrected chi connectivity index (χ1v) is 36.2. The lowest BCUT2D eigenvalue weighted by Gasteiger charge is -2.40. The summed E-state index contributed by atoms with van der Waals surface area (Å²) in [6, 6.07) is 21.8. The molecule has 9 aromatic heterocycles. The number of carbonyl (C=O) groups excluding carboxylic acids is 4. The molecular weight excluding hydrogens is 1400 g/mol. The van der Waals surface area contributed by atoms with Gasteiger partial charge in [-0.05, 0) is 149 Å². The molecule has 13 heterocycles. The van der Waals surface area contributed by atoms with E-state index < -0.39 is 28.1 Å². The van der Waals surface area contributed by atoms with E-state index >= 15 is 0 Å². The summed E-state index contributed by atoms with van der Waals surface area (Å²) in [4.78, 5) is 104. The second-order valence-corrected chi connectivity index (χ2v) is 29.4. The smallest absolute Gasteiger partial charge is 0.239 e. The highest BCUT2D eigenvalue weighted by Crippen LogP contribution is 2.48. The van der Waals surface area contributed by atoms with Crippen LogP contribution in [0.5, 0.6) is 0 Å². The number of aromatic nitrogens is 6. The first-order chi connectivity index (χ1) is 50.2. The van der Waals surface area contributed by atoms with E-state index in [-0.39, 0.29) is 60.3 Å². The van der Waals surface area contributed by atoms with Crippen LogP contribution in [0.3, 0.4) is 0 Å². The van der Waals surface area contributed by atoms with Gasteiger partial charge in [-0.3, -0.25) is 53.7 Å². The number of amides is 4. The minimum Gasteiger partial charge on any atom is -0.464 e. The zero-order chi connectivity index (χ0) is 75.1. The molecule has 105 heavy (non-hydrogen) atoms. The van der Waals surface area contributed by atoms with Crippen molar-refractivity contribution in [2.45, 2.75) is 103 Å². The number of furan rings is 1. The number of thiophene rings is 2. The molecule has 8 N–H and O–H groups in total. The number of thiazole rings is 2. The van der Waals surface area contributed by atoms with Crippen molar-refractivity contribution in [3.8, 4) is 90.5 Å². The van der Waals surface area contributed by atoms with Gasteiger partial charge in [-0.15, -0.1) is 63.1 Å². The van der Waals surface area contributed by atoms with Crippen LogP contribution in [0.2, 0.25) is 0 Å². The van der Waals surface area contributed by atoms with Gasteiger partial charge in [0.1, 0.15) is 43.4 Å². The normalized spacial score (nSPS) is 20.4. The van der Waals surface area contributed by atoms with E-state index in [2.05, 4.69) is 115 Å². The number of fused-ring (bicyclic) bond motifs is 1. The Bertz CT molecular complexity index is 5110. The predicted octanol–water partition coefficient (Wildman–Crippen LogP) is 11.2. The lowest BCUT2D eigenvalue weighted by Crippen LogP contribution is -2.52. The number of aliphatic imine (C=N–C) groups is 4. The van der Waals surface area contributed by atoms with Crippen molar-refractivity contribution >= 4 is 104 Å². The Balaban J connectivity index is 0.000000142. The van der Waals surface area contributed by atoms with Crippen molar-refractivity contribution in [3.63, 3.8) is 0 Å². The number of nitrogens with zero attached hydrogens (tertiary/aromatic N) is 14. The summed E-state index contributed by atoms with van der Waals surface area (Å²) in [5, 5.41) is 6.62. The maximum absolute atomic E-state index is 13.5. The molecule has 1 unspecified atom stereocenters. The Morgan fingerprint density at radius 3 is 1.44 bits per heavy atom. The molecule has 4 amide bonds. The lowest BCUT2D eigenvalue weighted by molar-refractivity contribution is -0.131. The number of benzene rings is 1. The third kappa shape index (κ3) is 16.0. The number of guanidine groups is 4. The Labute approximate surface area is 624 Å². The van der Waals surface area contributed by atoms with Crippen molar-refractivity contribution in [1.82, 2.24) is 49.5 Å². The Morgan fingerprint density at radius 1 is 0.467 bits per heavy atom. The fourth-order valence-corrected chi connectivity index (χ4v) is 15.9. The summed E-state index contributed by atoms with van der Waals surface area (Å²) in [6.07, 6.45) is 18.3. The fraction of sp³-hybridized carbons (Fsp3) is 0.256. The van der Waals surface area contributed by atoms with Gasteiger partial charge in [-0.1, -0.05) is 35.8 Å². The molecule has 4 aliphatic rings. The minimum atomic E-state index is -0.870. The summed E-state index contributed by atoms with van der Waals surface area (Å²) in [5.74, 6) is 23.6. The van der Waals surface area contributed by atoms with Crippen LogP contribution in [0.1, 0.15) is 128 Å². The van der Waals surface area contributed by atoms with Crippen molar-refractivity contribution in [2.75, 3.05) is 28.2 Å². The molecule has 23 nitrogen and oxygen atoms in total. The van der Waals surface area contributed by atoms with E-state index in [0.717, 1.165) is 102 Å². The summed E-state index contributed by atoms with van der Waals surface area (Å²) >= 11 is 6.12. The van der Waals surface area contributed by atoms with Gasteiger partial charge in [0, 0.05) is 132 Å². The fourth-order valence-electron chi connectivity index (χ4n) is 11.9. The van der Waals surface area contributed by atoms with Gasteiger partial charge in [-0.2, -0.15) is 0 Å². The summed E-state index contributed by atoms with van der Waals surface area (Å²) < 4.78 is 5.60. The number of rotatable bonds is 9. The number of hydrogen-bond donors (Lipinski definition) is 4. The van der Waals surface area contributed by atoms with Crippen LogP contribution in [-0.4, -0.2) is 125 Å². The molecule has 530 valence electrons. The molecule has 5 atom stereocenters. The monoisotopic (exact) mass is 1470 g/mol.